The van der Waals surface area contributed by atoms with E-state index in [2.05, 4.69) is 25.8 Å². The number of aromatic nitrogens is 2. The second-order valence-electron chi connectivity index (χ2n) is 6.45. The first-order valence-corrected chi connectivity index (χ1v) is 7.43. The molecule has 2 fully saturated rings. The summed E-state index contributed by atoms with van der Waals surface area (Å²) in [5.74, 6) is 0.696. The standard InChI is InChI=1S/C14H20N2OS/c1-13(2)9-5-6-14(13,3)11(10(9)17)18-12-15-7-8-16(12)4/h7-9,11H,5-6H2,1-4H3. The molecule has 0 amide bonds. The average Bonchev–Trinajstić information content (AvgIpc) is 2.82. The number of imidazole rings is 1. The van der Waals surface area contributed by atoms with Gasteiger partial charge in [-0.3, -0.25) is 4.79 Å². The lowest BCUT2D eigenvalue weighted by Gasteiger charge is -2.37. The third-order valence-electron chi connectivity index (χ3n) is 5.48. The number of hydrogen-bond acceptors (Lipinski definition) is 3. The number of thioether (sulfide) groups is 1. The normalized spacial score (nSPS) is 37.4. The Kier molecular flexibility index (Phi) is 2.47. The zero-order valence-electron chi connectivity index (χ0n) is 11.4. The Hall–Kier alpha value is -0.770. The summed E-state index contributed by atoms with van der Waals surface area (Å²) < 4.78 is 2.00. The number of carbonyl (C=O) groups is 1. The van der Waals surface area contributed by atoms with Gasteiger partial charge < -0.3 is 4.57 Å². The van der Waals surface area contributed by atoms with E-state index in [0.717, 1.165) is 11.6 Å². The van der Waals surface area contributed by atoms with E-state index in [4.69, 9.17) is 0 Å². The van der Waals surface area contributed by atoms with E-state index in [-0.39, 0.29) is 22.0 Å². The molecule has 4 heteroatoms. The van der Waals surface area contributed by atoms with Crippen LogP contribution in [0.4, 0.5) is 0 Å². The third-order valence-corrected chi connectivity index (χ3v) is 7.07. The van der Waals surface area contributed by atoms with E-state index < -0.39 is 0 Å². The van der Waals surface area contributed by atoms with Crippen LogP contribution >= 0.6 is 11.8 Å². The maximum Gasteiger partial charge on any atom is 0.168 e. The minimum atomic E-state index is 0.0762. The zero-order valence-corrected chi connectivity index (χ0v) is 12.3. The molecule has 2 saturated carbocycles. The molecule has 0 aliphatic heterocycles. The molecule has 3 rings (SSSR count). The first kappa shape index (κ1) is 12.3. The molecule has 98 valence electrons. The first-order chi connectivity index (χ1) is 8.38. The molecule has 3 nitrogen and oxygen atoms in total. The van der Waals surface area contributed by atoms with Gasteiger partial charge >= 0.3 is 0 Å². The molecule has 1 aromatic heterocycles. The Morgan fingerprint density at radius 3 is 2.67 bits per heavy atom. The van der Waals surface area contributed by atoms with Gasteiger partial charge in [0.05, 0.1) is 5.25 Å². The van der Waals surface area contributed by atoms with Crippen LogP contribution in [0.3, 0.4) is 0 Å². The van der Waals surface area contributed by atoms with Crippen molar-refractivity contribution in [3.63, 3.8) is 0 Å². The summed E-state index contributed by atoms with van der Waals surface area (Å²) in [6.45, 7) is 6.82. The lowest BCUT2D eigenvalue weighted by molar-refractivity contribution is -0.122. The number of nitrogens with zero attached hydrogens (tertiary/aromatic N) is 2. The van der Waals surface area contributed by atoms with Crippen molar-refractivity contribution in [1.82, 2.24) is 9.55 Å². The molecule has 18 heavy (non-hydrogen) atoms. The van der Waals surface area contributed by atoms with E-state index in [9.17, 15) is 4.79 Å². The van der Waals surface area contributed by atoms with Gasteiger partial charge in [-0.15, -0.1) is 0 Å². The van der Waals surface area contributed by atoms with Crippen LogP contribution in [0.15, 0.2) is 17.6 Å². The Labute approximate surface area is 112 Å². The molecule has 0 radical (unpaired) electrons. The van der Waals surface area contributed by atoms with Crippen molar-refractivity contribution in [1.29, 1.82) is 0 Å². The summed E-state index contributed by atoms with van der Waals surface area (Å²) in [7, 11) is 1.99. The van der Waals surface area contributed by atoms with Gasteiger partial charge in [0.1, 0.15) is 5.78 Å². The van der Waals surface area contributed by atoms with Gasteiger partial charge in [-0.1, -0.05) is 32.5 Å². The van der Waals surface area contributed by atoms with Crippen LogP contribution < -0.4 is 0 Å². The van der Waals surface area contributed by atoms with Gasteiger partial charge in [0.2, 0.25) is 0 Å². The number of rotatable bonds is 2. The van der Waals surface area contributed by atoms with Gasteiger partial charge in [-0.05, 0) is 23.7 Å². The fourth-order valence-electron chi connectivity index (χ4n) is 3.75. The maximum atomic E-state index is 12.6. The van der Waals surface area contributed by atoms with Crippen molar-refractivity contribution in [3.8, 4) is 0 Å². The highest BCUT2D eigenvalue weighted by molar-refractivity contribution is 8.00. The van der Waals surface area contributed by atoms with E-state index in [0.29, 0.717) is 5.78 Å². The lowest BCUT2D eigenvalue weighted by atomic mass is 9.71. The zero-order chi connectivity index (χ0) is 13.1. The van der Waals surface area contributed by atoms with Crippen LogP contribution in [0.25, 0.3) is 0 Å². The average molecular weight is 264 g/mol. The summed E-state index contributed by atoms with van der Waals surface area (Å²) in [6.07, 6.45) is 5.97. The molecule has 1 heterocycles. The Balaban J connectivity index is 1.95. The number of carbonyl (C=O) groups excluding carboxylic acids is 1. The van der Waals surface area contributed by atoms with Crippen LogP contribution in [0.1, 0.15) is 33.6 Å². The largest absolute Gasteiger partial charge is 0.329 e. The highest BCUT2D eigenvalue weighted by Gasteiger charge is 2.66. The second kappa shape index (κ2) is 3.62. The fraction of sp³-hybridized carbons (Fsp3) is 0.714. The van der Waals surface area contributed by atoms with E-state index in [1.807, 2.05) is 17.8 Å². The van der Waals surface area contributed by atoms with Crippen LogP contribution in [-0.2, 0) is 11.8 Å². The van der Waals surface area contributed by atoms with Gasteiger partial charge in [0, 0.05) is 25.4 Å². The van der Waals surface area contributed by atoms with Crippen molar-refractivity contribution in [2.24, 2.45) is 23.8 Å². The second-order valence-corrected chi connectivity index (χ2v) is 7.52. The van der Waals surface area contributed by atoms with Crippen LogP contribution in [0.5, 0.6) is 0 Å². The van der Waals surface area contributed by atoms with Crippen LogP contribution in [0, 0.1) is 16.7 Å². The highest BCUT2D eigenvalue weighted by Crippen LogP contribution is 2.67. The van der Waals surface area contributed by atoms with E-state index >= 15 is 0 Å². The van der Waals surface area contributed by atoms with Crippen molar-refractivity contribution in [2.75, 3.05) is 0 Å². The van der Waals surface area contributed by atoms with Crippen LogP contribution in [-0.4, -0.2) is 20.6 Å². The quantitative estimate of drug-likeness (QED) is 0.824. The predicted molar refractivity (Wildman–Crippen MR) is 72.5 cm³/mol. The fourth-order valence-corrected chi connectivity index (χ4v) is 5.27. The minimum absolute atomic E-state index is 0.0762. The molecule has 0 spiro atoms. The van der Waals surface area contributed by atoms with E-state index in [1.165, 1.54) is 6.42 Å². The summed E-state index contributed by atoms with van der Waals surface area (Å²) in [6, 6.07) is 0. The Morgan fingerprint density at radius 2 is 2.17 bits per heavy atom. The lowest BCUT2D eigenvalue weighted by Crippen LogP contribution is -2.35. The molecule has 0 saturated heterocycles. The summed E-state index contributed by atoms with van der Waals surface area (Å²) in [4.78, 5) is 16.9. The molecule has 2 aliphatic carbocycles. The molecule has 0 N–H and O–H groups in total. The first-order valence-electron chi connectivity index (χ1n) is 6.55. The number of hydrogen-bond donors (Lipinski definition) is 0. The summed E-state index contributed by atoms with van der Waals surface area (Å²) >= 11 is 1.66. The molecule has 3 unspecified atom stereocenters. The van der Waals surface area contributed by atoms with Crippen molar-refractivity contribution < 1.29 is 4.79 Å². The topological polar surface area (TPSA) is 34.9 Å². The molecular formula is C14H20N2OS. The van der Waals surface area contributed by atoms with Gasteiger partial charge in [-0.2, -0.15) is 0 Å². The monoisotopic (exact) mass is 264 g/mol. The number of aryl methyl sites for hydroxylation is 1. The molecule has 3 atom stereocenters. The summed E-state index contributed by atoms with van der Waals surface area (Å²) in [5, 5.41) is 1.03. The SMILES string of the molecule is Cn1ccnc1SC1C(=O)C2CCC1(C)C2(C)C. The van der Waals surface area contributed by atoms with Gasteiger partial charge in [0.25, 0.3) is 0 Å². The maximum absolute atomic E-state index is 12.6. The van der Waals surface area contributed by atoms with Crippen molar-refractivity contribution >= 4 is 17.5 Å². The Morgan fingerprint density at radius 1 is 1.44 bits per heavy atom. The number of ketones is 1. The smallest absolute Gasteiger partial charge is 0.168 e. The third kappa shape index (κ3) is 1.33. The van der Waals surface area contributed by atoms with E-state index in [1.54, 1.807) is 18.0 Å². The molecule has 2 aliphatic rings. The molecule has 0 aromatic carbocycles. The van der Waals surface area contributed by atoms with Crippen molar-refractivity contribution in [3.05, 3.63) is 12.4 Å². The summed E-state index contributed by atoms with van der Waals surface area (Å²) in [5.41, 5.74) is 0.248. The molecule has 2 bridgehead atoms. The van der Waals surface area contributed by atoms with Crippen LogP contribution in [0.2, 0.25) is 0 Å². The molecular weight excluding hydrogens is 244 g/mol. The van der Waals surface area contributed by atoms with Gasteiger partial charge in [0.15, 0.2) is 5.16 Å². The highest BCUT2D eigenvalue weighted by atomic mass is 32.2. The Bertz CT molecular complexity index is 508. The number of fused-ring (bicyclic) bond motifs is 2. The van der Waals surface area contributed by atoms with Gasteiger partial charge in [-0.25, -0.2) is 4.98 Å². The van der Waals surface area contributed by atoms with Crippen molar-refractivity contribution in [2.45, 2.75) is 44.0 Å². The minimum Gasteiger partial charge on any atom is -0.329 e. The number of Topliss-reactive ketones (excluding diaryl/α,β-unsaturated/α-hetero) is 1. The molecule has 1 aromatic rings. The predicted octanol–water partition coefficient (Wildman–Crippen LogP) is 2.91.